The molecule has 2 rings (SSSR count). The molecule has 0 aromatic carbocycles. The fourth-order valence-corrected chi connectivity index (χ4v) is 2.08. The molecule has 1 saturated heterocycles. The summed E-state index contributed by atoms with van der Waals surface area (Å²) in [5.41, 5.74) is 7.32. The highest BCUT2D eigenvalue weighted by atomic mass is 16.4. The van der Waals surface area contributed by atoms with Crippen LogP contribution >= 0.6 is 0 Å². The van der Waals surface area contributed by atoms with Crippen LogP contribution in [0.1, 0.15) is 12.8 Å². The normalized spacial score (nSPS) is 20.8. The van der Waals surface area contributed by atoms with Crippen molar-refractivity contribution < 1.29 is 9.90 Å². The van der Waals surface area contributed by atoms with Crippen molar-refractivity contribution in [3.8, 4) is 0 Å². The molecule has 1 aromatic heterocycles. The second-order valence-electron chi connectivity index (χ2n) is 4.06. The zero-order valence-electron chi connectivity index (χ0n) is 8.97. The highest BCUT2D eigenvalue weighted by Gasteiger charge is 2.26. The maximum atomic E-state index is 10.9. The summed E-state index contributed by atoms with van der Waals surface area (Å²) in [6.07, 6.45) is 4.91. The Morgan fingerprint density at radius 3 is 3.12 bits per heavy atom. The molecule has 5 nitrogen and oxygen atoms in total. The van der Waals surface area contributed by atoms with Crippen LogP contribution in [0.3, 0.4) is 0 Å². The lowest BCUT2D eigenvalue weighted by molar-refractivity contribution is -0.141. The number of carboxylic acid groups (broad SMARTS) is 1. The largest absolute Gasteiger partial charge is 0.481 e. The van der Waals surface area contributed by atoms with E-state index in [-0.39, 0.29) is 5.92 Å². The van der Waals surface area contributed by atoms with E-state index in [4.69, 9.17) is 10.8 Å². The Hall–Kier alpha value is -1.78. The molecule has 0 saturated carbocycles. The molecule has 2 heterocycles. The van der Waals surface area contributed by atoms with Crippen molar-refractivity contribution in [1.29, 1.82) is 0 Å². The summed E-state index contributed by atoms with van der Waals surface area (Å²) in [4.78, 5) is 16.9. The van der Waals surface area contributed by atoms with Crippen molar-refractivity contribution in [2.24, 2.45) is 5.92 Å². The molecule has 86 valence electrons. The summed E-state index contributed by atoms with van der Waals surface area (Å²) < 4.78 is 0. The van der Waals surface area contributed by atoms with E-state index in [9.17, 15) is 4.79 Å². The Morgan fingerprint density at radius 2 is 2.44 bits per heavy atom. The number of anilines is 2. The van der Waals surface area contributed by atoms with Crippen molar-refractivity contribution in [2.45, 2.75) is 12.8 Å². The number of hydrogen-bond acceptors (Lipinski definition) is 4. The topological polar surface area (TPSA) is 79.5 Å². The zero-order chi connectivity index (χ0) is 11.5. The van der Waals surface area contributed by atoms with Gasteiger partial charge in [0, 0.05) is 19.3 Å². The van der Waals surface area contributed by atoms with Gasteiger partial charge >= 0.3 is 5.97 Å². The first-order valence-corrected chi connectivity index (χ1v) is 5.35. The minimum atomic E-state index is -0.725. The molecule has 16 heavy (non-hydrogen) atoms. The minimum absolute atomic E-state index is 0.290. The minimum Gasteiger partial charge on any atom is -0.481 e. The predicted molar refractivity (Wildman–Crippen MR) is 61.2 cm³/mol. The van der Waals surface area contributed by atoms with Crippen LogP contribution in [0, 0.1) is 5.92 Å². The number of pyridine rings is 1. The Morgan fingerprint density at radius 1 is 1.62 bits per heavy atom. The number of nitrogens with two attached hydrogens (primary N) is 1. The molecular weight excluding hydrogens is 206 g/mol. The van der Waals surface area contributed by atoms with Gasteiger partial charge in [-0.1, -0.05) is 0 Å². The fourth-order valence-electron chi connectivity index (χ4n) is 2.08. The summed E-state index contributed by atoms with van der Waals surface area (Å²) in [5, 5.41) is 9.00. The second kappa shape index (κ2) is 4.38. The van der Waals surface area contributed by atoms with E-state index in [1.807, 2.05) is 11.0 Å². The number of rotatable bonds is 2. The van der Waals surface area contributed by atoms with E-state index in [1.165, 1.54) is 0 Å². The average Bonchev–Trinajstić information content (AvgIpc) is 2.30. The molecule has 1 atom stereocenters. The molecule has 1 fully saturated rings. The number of aromatic nitrogens is 1. The molecule has 3 N–H and O–H groups in total. The molecular formula is C11H15N3O2. The van der Waals surface area contributed by atoms with E-state index in [1.54, 1.807) is 12.4 Å². The number of aliphatic carboxylic acids is 1. The number of piperidine rings is 1. The maximum Gasteiger partial charge on any atom is 0.308 e. The van der Waals surface area contributed by atoms with Crippen LogP contribution in [-0.4, -0.2) is 29.1 Å². The highest BCUT2D eigenvalue weighted by molar-refractivity contribution is 5.73. The first-order chi connectivity index (χ1) is 7.68. The standard InChI is InChI=1S/C11H15N3O2/c12-9-6-13-4-3-10(9)14-5-1-2-8(7-14)11(15)16/h3-4,6,8H,1-2,5,7,12H2,(H,15,16)/t8-/m1/s1. The molecule has 1 aromatic rings. The molecule has 1 aliphatic rings. The summed E-state index contributed by atoms with van der Waals surface area (Å²) in [5.74, 6) is -1.02. The molecule has 1 aliphatic heterocycles. The van der Waals surface area contributed by atoms with Gasteiger partial charge in [-0.3, -0.25) is 9.78 Å². The molecule has 0 radical (unpaired) electrons. The predicted octanol–water partition coefficient (Wildman–Crippen LogP) is 0.965. The third-order valence-electron chi connectivity index (χ3n) is 2.94. The summed E-state index contributed by atoms with van der Waals surface area (Å²) >= 11 is 0. The van der Waals surface area contributed by atoms with Crippen LogP contribution in [-0.2, 0) is 4.79 Å². The van der Waals surface area contributed by atoms with Gasteiger partial charge in [0.2, 0.25) is 0 Å². The number of nitrogen functional groups attached to an aromatic ring is 1. The zero-order valence-corrected chi connectivity index (χ0v) is 8.97. The Labute approximate surface area is 93.9 Å². The molecule has 0 aliphatic carbocycles. The van der Waals surface area contributed by atoms with Crippen LogP contribution < -0.4 is 10.6 Å². The van der Waals surface area contributed by atoms with Gasteiger partial charge in [-0.25, -0.2) is 0 Å². The van der Waals surface area contributed by atoms with Gasteiger partial charge < -0.3 is 15.7 Å². The number of carbonyl (C=O) groups is 1. The van der Waals surface area contributed by atoms with Crippen LogP contribution in [0.25, 0.3) is 0 Å². The lowest BCUT2D eigenvalue weighted by atomic mass is 9.98. The Balaban J connectivity index is 2.16. The highest BCUT2D eigenvalue weighted by Crippen LogP contribution is 2.27. The SMILES string of the molecule is Nc1cnccc1N1CCC[C@@H](C(=O)O)C1. The lowest BCUT2D eigenvalue weighted by Crippen LogP contribution is -2.39. The van der Waals surface area contributed by atoms with E-state index in [0.717, 1.165) is 25.1 Å². The van der Waals surface area contributed by atoms with Crippen molar-refractivity contribution in [3.63, 3.8) is 0 Å². The Kier molecular flexibility index (Phi) is 2.94. The summed E-state index contributed by atoms with van der Waals surface area (Å²) in [6.45, 7) is 1.39. The van der Waals surface area contributed by atoms with Gasteiger partial charge in [0.25, 0.3) is 0 Å². The van der Waals surface area contributed by atoms with Crippen molar-refractivity contribution in [1.82, 2.24) is 4.98 Å². The third kappa shape index (κ3) is 2.08. The average molecular weight is 221 g/mol. The fraction of sp³-hybridized carbons (Fsp3) is 0.455. The van der Waals surface area contributed by atoms with Gasteiger partial charge in [0.1, 0.15) is 0 Å². The first-order valence-electron chi connectivity index (χ1n) is 5.35. The van der Waals surface area contributed by atoms with E-state index in [2.05, 4.69) is 4.98 Å². The number of hydrogen-bond donors (Lipinski definition) is 2. The number of nitrogens with zero attached hydrogens (tertiary/aromatic N) is 2. The molecule has 0 bridgehead atoms. The van der Waals surface area contributed by atoms with Crippen LogP contribution in [0.5, 0.6) is 0 Å². The van der Waals surface area contributed by atoms with Crippen molar-refractivity contribution in [3.05, 3.63) is 18.5 Å². The molecule has 0 amide bonds. The van der Waals surface area contributed by atoms with E-state index >= 15 is 0 Å². The molecule has 5 heteroatoms. The van der Waals surface area contributed by atoms with Gasteiger partial charge in [0.15, 0.2) is 0 Å². The van der Waals surface area contributed by atoms with Crippen LogP contribution in [0.4, 0.5) is 11.4 Å². The van der Waals surface area contributed by atoms with Crippen LogP contribution in [0.15, 0.2) is 18.5 Å². The monoisotopic (exact) mass is 221 g/mol. The molecule has 0 unspecified atom stereocenters. The summed E-state index contributed by atoms with van der Waals surface area (Å²) in [6, 6.07) is 1.83. The number of carboxylic acids is 1. The molecule has 0 spiro atoms. The second-order valence-corrected chi connectivity index (χ2v) is 4.06. The van der Waals surface area contributed by atoms with Crippen LogP contribution in [0.2, 0.25) is 0 Å². The summed E-state index contributed by atoms with van der Waals surface area (Å²) in [7, 11) is 0. The smallest absolute Gasteiger partial charge is 0.308 e. The lowest BCUT2D eigenvalue weighted by Gasteiger charge is -2.33. The van der Waals surface area contributed by atoms with Crippen molar-refractivity contribution in [2.75, 3.05) is 23.7 Å². The third-order valence-corrected chi connectivity index (χ3v) is 2.94. The van der Waals surface area contributed by atoms with Gasteiger partial charge in [-0.15, -0.1) is 0 Å². The van der Waals surface area contributed by atoms with E-state index in [0.29, 0.717) is 12.2 Å². The van der Waals surface area contributed by atoms with E-state index < -0.39 is 5.97 Å². The van der Waals surface area contributed by atoms with Gasteiger partial charge in [-0.2, -0.15) is 0 Å². The quantitative estimate of drug-likeness (QED) is 0.777. The first kappa shape index (κ1) is 10.7. The van der Waals surface area contributed by atoms with Gasteiger partial charge in [0.05, 0.1) is 23.5 Å². The van der Waals surface area contributed by atoms with Crippen molar-refractivity contribution >= 4 is 17.3 Å². The Bertz CT molecular complexity index is 395. The van der Waals surface area contributed by atoms with Gasteiger partial charge in [-0.05, 0) is 18.9 Å². The maximum absolute atomic E-state index is 10.9.